The lowest BCUT2D eigenvalue weighted by Gasteiger charge is -2.28. The number of anilines is 1. The number of aryl methyl sites for hydroxylation is 1. The Morgan fingerprint density at radius 2 is 1.91 bits per heavy atom. The van der Waals surface area contributed by atoms with E-state index < -0.39 is 0 Å². The second kappa shape index (κ2) is 9.51. The van der Waals surface area contributed by atoms with Crippen molar-refractivity contribution >= 4 is 16.9 Å². The highest BCUT2D eigenvalue weighted by atomic mass is 16.5. The van der Waals surface area contributed by atoms with Gasteiger partial charge >= 0.3 is 0 Å². The van der Waals surface area contributed by atoms with E-state index in [4.69, 9.17) is 30.2 Å². The summed E-state index contributed by atoms with van der Waals surface area (Å²) in [4.78, 5) is 21.2. The van der Waals surface area contributed by atoms with Crippen LogP contribution < -0.4 is 15.4 Å². The predicted octanol–water partition coefficient (Wildman–Crippen LogP) is 2.75. The highest BCUT2D eigenvalue weighted by Gasteiger charge is 2.19. The van der Waals surface area contributed by atoms with Crippen LogP contribution in [0.3, 0.4) is 0 Å². The zero-order valence-corrected chi connectivity index (χ0v) is 18.6. The molecule has 3 aromatic heterocycles. The number of ether oxygens (including phenoxy) is 2. The molecule has 2 N–H and O–H groups in total. The number of nitrogens with zero attached hydrogens (tertiary/aromatic N) is 6. The van der Waals surface area contributed by atoms with Crippen LogP contribution in [0.4, 0.5) is 5.82 Å². The van der Waals surface area contributed by atoms with Crippen LogP contribution >= 0.6 is 0 Å². The number of benzene rings is 1. The number of morpholine rings is 1. The first-order valence-electron chi connectivity index (χ1n) is 11.2. The number of hydrogen-bond acceptors (Lipinski definition) is 8. The lowest BCUT2D eigenvalue weighted by molar-refractivity contribution is 0.122. The fourth-order valence-electron chi connectivity index (χ4n) is 3.90. The Kier molecular flexibility index (Phi) is 6.14. The van der Waals surface area contributed by atoms with Crippen LogP contribution in [0.5, 0.6) is 5.88 Å². The molecule has 4 aromatic rings. The fraction of sp³-hybridized carbons (Fsp3) is 0.333. The molecule has 33 heavy (non-hydrogen) atoms. The first-order chi connectivity index (χ1) is 16.2. The van der Waals surface area contributed by atoms with Crippen LogP contribution in [0.15, 0.2) is 48.7 Å². The molecule has 0 spiro atoms. The van der Waals surface area contributed by atoms with Crippen LogP contribution in [0.25, 0.3) is 28.2 Å². The van der Waals surface area contributed by atoms with Crippen molar-refractivity contribution in [2.24, 2.45) is 5.73 Å². The van der Waals surface area contributed by atoms with Crippen LogP contribution in [-0.4, -0.2) is 64.0 Å². The summed E-state index contributed by atoms with van der Waals surface area (Å²) in [6, 6.07) is 13.9. The first-order valence-corrected chi connectivity index (χ1v) is 11.2. The smallest absolute Gasteiger partial charge is 0.238 e. The molecule has 1 aromatic carbocycles. The molecule has 0 atom stereocenters. The maximum Gasteiger partial charge on any atom is 0.238 e. The molecule has 0 saturated carbocycles. The number of nitrogens with two attached hydrogens (primary N) is 1. The van der Waals surface area contributed by atoms with Gasteiger partial charge in [-0.25, -0.2) is 15.0 Å². The van der Waals surface area contributed by atoms with E-state index in [9.17, 15) is 0 Å². The normalized spacial score (nSPS) is 14.1. The van der Waals surface area contributed by atoms with E-state index in [0.717, 1.165) is 53.4 Å². The minimum Gasteiger partial charge on any atom is -0.478 e. The fourth-order valence-corrected chi connectivity index (χ4v) is 3.90. The lowest BCUT2D eigenvalue weighted by atomic mass is 10.2. The van der Waals surface area contributed by atoms with Gasteiger partial charge in [0, 0.05) is 37.0 Å². The highest BCUT2D eigenvalue weighted by molar-refractivity contribution is 5.78. The predicted molar refractivity (Wildman–Crippen MR) is 127 cm³/mol. The summed E-state index contributed by atoms with van der Waals surface area (Å²) in [5.41, 5.74) is 9.11. The SMILES string of the molecule is Cc1nc2ccccc2n1-c1nc(-c2ccc(OCCCN)nc2)cc(N2CCOCC2)n1. The molecule has 9 nitrogen and oxygen atoms in total. The monoisotopic (exact) mass is 445 g/mol. The summed E-state index contributed by atoms with van der Waals surface area (Å²) in [5.74, 6) is 2.86. The highest BCUT2D eigenvalue weighted by Crippen LogP contribution is 2.27. The van der Waals surface area contributed by atoms with Crippen LogP contribution in [0, 0.1) is 6.92 Å². The van der Waals surface area contributed by atoms with Gasteiger partial charge in [-0.05, 0) is 38.1 Å². The Morgan fingerprint density at radius 3 is 2.70 bits per heavy atom. The molecule has 0 unspecified atom stereocenters. The van der Waals surface area contributed by atoms with Crippen molar-refractivity contribution in [1.29, 1.82) is 0 Å². The van der Waals surface area contributed by atoms with Gasteiger partial charge in [0.25, 0.3) is 0 Å². The third kappa shape index (κ3) is 4.50. The van der Waals surface area contributed by atoms with Crippen molar-refractivity contribution in [2.75, 3.05) is 44.4 Å². The summed E-state index contributed by atoms with van der Waals surface area (Å²) >= 11 is 0. The number of rotatable bonds is 7. The quantitative estimate of drug-likeness (QED) is 0.433. The average Bonchev–Trinajstić information content (AvgIpc) is 3.20. The molecule has 0 aliphatic carbocycles. The summed E-state index contributed by atoms with van der Waals surface area (Å²) < 4.78 is 13.2. The second-order valence-electron chi connectivity index (χ2n) is 7.87. The van der Waals surface area contributed by atoms with Crippen molar-refractivity contribution in [3.63, 3.8) is 0 Å². The first kappa shape index (κ1) is 21.3. The molecule has 1 aliphatic rings. The Labute approximate surface area is 192 Å². The third-order valence-corrected chi connectivity index (χ3v) is 5.59. The van der Waals surface area contributed by atoms with E-state index in [0.29, 0.717) is 38.2 Å². The Balaban J connectivity index is 1.57. The molecule has 1 saturated heterocycles. The van der Waals surface area contributed by atoms with Gasteiger partial charge in [0.1, 0.15) is 11.6 Å². The molecule has 0 amide bonds. The second-order valence-corrected chi connectivity index (χ2v) is 7.87. The Bertz CT molecular complexity index is 1230. The van der Waals surface area contributed by atoms with E-state index in [1.54, 1.807) is 6.20 Å². The number of fused-ring (bicyclic) bond motifs is 1. The van der Waals surface area contributed by atoms with Crippen LogP contribution in [0.2, 0.25) is 0 Å². The topological polar surface area (TPSA) is 104 Å². The van der Waals surface area contributed by atoms with Gasteiger partial charge in [0.15, 0.2) is 0 Å². The zero-order valence-electron chi connectivity index (χ0n) is 18.6. The van der Waals surface area contributed by atoms with E-state index in [-0.39, 0.29) is 0 Å². The zero-order chi connectivity index (χ0) is 22.6. The van der Waals surface area contributed by atoms with E-state index in [1.807, 2.05) is 54.0 Å². The Hall–Kier alpha value is -3.56. The molecule has 4 heterocycles. The van der Waals surface area contributed by atoms with Gasteiger partial charge < -0.3 is 20.1 Å². The summed E-state index contributed by atoms with van der Waals surface area (Å²) in [6.45, 7) is 6.04. The average molecular weight is 446 g/mol. The largest absolute Gasteiger partial charge is 0.478 e. The molecule has 5 rings (SSSR count). The van der Waals surface area contributed by atoms with E-state index >= 15 is 0 Å². The molecule has 9 heteroatoms. The molecular formula is C24H27N7O2. The van der Waals surface area contributed by atoms with E-state index in [2.05, 4.69) is 9.88 Å². The van der Waals surface area contributed by atoms with Crippen LogP contribution in [0.1, 0.15) is 12.2 Å². The van der Waals surface area contributed by atoms with Crippen molar-refractivity contribution in [2.45, 2.75) is 13.3 Å². The van der Waals surface area contributed by atoms with Gasteiger partial charge in [0.2, 0.25) is 11.8 Å². The molecule has 1 aliphatic heterocycles. The van der Waals surface area contributed by atoms with Crippen LogP contribution in [-0.2, 0) is 4.74 Å². The van der Waals surface area contributed by atoms with Crippen molar-refractivity contribution in [3.05, 3.63) is 54.5 Å². The number of imidazole rings is 1. The summed E-state index contributed by atoms with van der Waals surface area (Å²) in [5, 5.41) is 0. The van der Waals surface area contributed by atoms with Gasteiger partial charge in [-0.1, -0.05) is 12.1 Å². The van der Waals surface area contributed by atoms with Gasteiger partial charge in [0.05, 0.1) is 36.5 Å². The molecular weight excluding hydrogens is 418 g/mol. The minimum absolute atomic E-state index is 0.550. The molecule has 1 fully saturated rings. The number of hydrogen-bond donors (Lipinski definition) is 1. The van der Waals surface area contributed by atoms with Crippen molar-refractivity contribution < 1.29 is 9.47 Å². The number of aromatic nitrogens is 5. The van der Waals surface area contributed by atoms with Crippen molar-refractivity contribution in [1.82, 2.24) is 24.5 Å². The standard InChI is InChI=1S/C24H27N7O2/c1-17-27-19-5-2-3-6-21(19)31(17)24-28-20(15-22(29-24)30-10-13-32-14-11-30)18-7-8-23(26-16-18)33-12-4-9-25/h2-3,5-8,15-16H,4,9-14,25H2,1H3. The number of pyridine rings is 1. The maximum absolute atomic E-state index is 5.64. The molecule has 0 radical (unpaired) electrons. The van der Waals surface area contributed by atoms with Gasteiger partial charge in [-0.15, -0.1) is 0 Å². The van der Waals surface area contributed by atoms with Gasteiger partial charge in [-0.3, -0.25) is 4.57 Å². The molecule has 0 bridgehead atoms. The summed E-state index contributed by atoms with van der Waals surface area (Å²) in [6.07, 6.45) is 2.58. The third-order valence-electron chi connectivity index (χ3n) is 5.59. The Morgan fingerprint density at radius 1 is 1.06 bits per heavy atom. The maximum atomic E-state index is 5.64. The number of para-hydroxylation sites is 2. The van der Waals surface area contributed by atoms with E-state index in [1.165, 1.54) is 0 Å². The lowest BCUT2D eigenvalue weighted by Crippen LogP contribution is -2.37. The minimum atomic E-state index is 0.550. The molecule has 170 valence electrons. The van der Waals surface area contributed by atoms with Gasteiger partial charge in [-0.2, -0.15) is 4.98 Å². The van der Waals surface area contributed by atoms with Crippen molar-refractivity contribution in [3.8, 4) is 23.1 Å². The summed E-state index contributed by atoms with van der Waals surface area (Å²) in [7, 11) is 0.